The number of alkyl halides is 3. The van der Waals surface area contributed by atoms with Crippen LogP contribution in [-0.2, 0) is 16.1 Å². The van der Waals surface area contributed by atoms with Gasteiger partial charge in [0.15, 0.2) is 5.76 Å². The monoisotopic (exact) mass is 513 g/mol. The molecule has 0 unspecified atom stereocenters. The lowest BCUT2D eigenvalue weighted by Crippen LogP contribution is -2.40. The molecule has 0 saturated heterocycles. The summed E-state index contributed by atoms with van der Waals surface area (Å²) in [5.41, 5.74) is 0.603. The van der Waals surface area contributed by atoms with Gasteiger partial charge in [0, 0.05) is 35.2 Å². The number of aromatic nitrogens is 2. The van der Waals surface area contributed by atoms with Crippen LogP contribution in [-0.4, -0.2) is 40.7 Å². The highest BCUT2D eigenvalue weighted by atomic mass is 35.5. The third-order valence-electron chi connectivity index (χ3n) is 6.39. The van der Waals surface area contributed by atoms with Crippen molar-refractivity contribution in [1.29, 1.82) is 0 Å². The Balaban J connectivity index is 1.05. The Morgan fingerprint density at radius 3 is 2.60 bits per heavy atom. The number of fused-ring (bicyclic) bond motifs is 1. The van der Waals surface area contributed by atoms with Crippen molar-refractivity contribution >= 4 is 28.5 Å². The molecule has 8 nitrogen and oxygen atoms in total. The molecule has 12 heteroatoms. The Morgan fingerprint density at radius 2 is 1.86 bits per heavy atom. The summed E-state index contributed by atoms with van der Waals surface area (Å²) in [7, 11) is 0. The molecule has 2 aliphatic rings. The number of furan rings is 1. The summed E-state index contributed by atoms with van der Waals surface area (Å²) in [5, 5.41) is 12.5. The number of halogens is 4. The van der Waals surface area contributed by atoms with Gasteiger partial charge in [-0.3, -0.25) is 9.53 Å². The number of rotatable bonds is 7. The van der Waals surface area contributed by atoms with Crippen molar-refractivity contribution in [2.45, 2.75) is 75.7 Å². The molecule has 2 fully saturated rings. The standard InChI is InChI=1S/C23H23ClF3N3O5/c24-14-3-6-18-13(7-14)8-19(33-18)21(31)28-15-4-1-12(2-5-15)22-30-29-20(34-22)11-32-16-9-17(10-16)35-23(25,26)27/h3,6-8,12,15-17H,1-2,4-5,9-11H2,(H,28,31). The maximum atomic E-state index is 12.6. The average molecular weight is 514 g/mol. The van der Waals surface area contributed by atoms with E-state index < -0.39 is 12.5 Å². The van der Waals surface area contributed by atoms with Crippen molar-refractivity contribution in [3.63, 3.8) is 0 Å². The average Bonchev–Trinajstić information content (AvgIpc) is 3.42. The van der Waals surface area contributed by atoms with E-state index in [9.17, 15) is 18.0 Å². The zero-order valence-corrected chi connectivity index (χ0v) is 19.3. The quantitative estimate of drug-likeness (QED) is 0.444. The highest BCUT2D eigenvalue weighted by molar-refractivity contribution is 6.31. The van der Waals surface area contributed by atoms with Crippen LogP contribution in [0.15, 0.2) is 33.1 Å². The van der Waals surface area contributed by atoms with Gasteiger partial charge in [0.25, 0.3) is 5.91 Å². The topological polar surface area (TPSA) is 99.6 Å². The van der Waals surface area contributed by atoms with Gasteiger partial charge in [-0.05, 0) is 49.9 Å². The number of nitrogens with zero attached hydrogens (tertiary/aromatic N) is 2. The lowest BCUT2D eigenvalue weighted by molar-refractivity contribution is -0.357. The van der Waals surface area contributed by atoms with Crippen LogP contribution in [0.5, 0.6) is 0 Å². The number of benzene rings is 1. The van der Waals surface area contributed by atoms with Crippen LogP contribution >= 0.6 is 11.6 Å². The summed E-state index contributed by atoms with van der Waals surface area (Å²) in [6.07, 6.45) is -2.42. The minimum atomic E-state index is -4.62. The fourth-order valence-electron chi connectivity index (χ4n) is 4.49. The fourth-order valence-corrected chi connectivity index (χ4v) is 4.67. The Bertz CT molecular complexity index is 1180. The molecule has 1 N–H and O–H groups in total. The molecule has 2 aliphatic carbocycles. The van der Waals surface area contributed by atoms with Crippen molar-refractivity contribution in [2.75, 3.05) is 0 Å². The molecular formula is C23H23ClF3N3O5. The van der Waals surface area contributed by atoms with Crippen LogP contribution < -0.4 is 5.32 Å². The van der Waals surface area contributed by atoms with Crippen molar-refractivity contribution in [3.8, 4) is 0 Å². The second-order valence-electron chi connectivity index (χ2n) is 8.94. The van der Waals surface area contributed by atoms with Crippen LogP contribution in [0.4, 0.5) is 13.2 Å². The third kappa shape index (κ3) is 5.96. The van der Waals surface area contributed by atoms with Gasteiger partial charge in [-0.1, -0.05) is 11.6 Å². The van der Waals surface area contributed by atoms with Gasteiger partial charge in [-0.25, -0.2) is 0 Å². The molecule has 188 valence electrons. The highest BCUT2D eigenvalue weighted by Gasteiger charge is 2.40. The van der Waals surface area contributed by atoms with E-state index in [1.165, 1.54) is 0 Å². The van der Waals surface area contributed by atoms with E-state index in [2.05, 4.69) is 20.3 Å². The number of hydrogen-bond donors (Lipinski definition) is 1. The summed E-state index contributed by atoms with van der Waals surface area (Å²) in [6, 6.07) is 6.87. The Labute approximate surface area is 203 Å². The first-order chi connectivity index (χ1) is 16.7. The molecule has 0 spiro atoms. The molecule has 35 heavy (non-hydrogen) atoms. The van der Waals surface area contributed by atoms with E-state index in [1.54, 1.807) is 24.3 Å². The van der Waals surface area contributed by atoms with Crippen LogP contribution in [0, 0.1) is 0 Å². The molecular weight excluding hydrogens is 491 g/mol. The lowest BCUT2D eigenvalue weighted by Gasteiger charge is -2.34. The Morgan fingerprint density at radius 1 is 1.09 bits per heavy atom. The van der Waals surface area contributed by atoms with Crippen LogP contribution in [0.3, 0.4) is 0 Å². The first kappa shape index (κ1) is 24.1. The number of nitrogens with one attached hydrogen (secondary N) is 1. The van der Waals surface area contributed by atoms with Crippen LogP contribution in [0.1, 0.15) is 66.8 Å². The first-order valence-electron chi connectivity index (χ1n) is 11.4. The molecule has 0 atom stereocenters. The normalized spacial score (nSPS) is 24.9. The van der Waals surface area contributed by atoms with Crippen molar-refractivity contribution in [1.82, 2.24) is 15.5 Å². The molecule has 0 radical (unpaired) electrons. The molecule has 2 saturated carbocycles. The first-order valence-corrected chi connectivity index (χ1v) is 11.8. The summed E-state index contributed by atoms with van der Waals surface area (Å²) >= 11 is 5.99. The van der Waals surface area contributed by atoms with Gasteiger partial charge in [0.05, 0.1) is 12.2 Å². The molecule has 0 aliphatic heterocycles. The number of carbonyl (C=O) groups excluding carboxylic acids is 1. The fraction of sp³-hybridized carbons (Fsp3) is 0.522. The number of ether oxygens (including phenoxy) is 2. The largest absolute Gasteiger partial charge is 0.522 e. The van der Waals surface area contributed by atoms with Gasteiger partial charge in [-0.15, -0.1) is 23.4 Å². The summed E-state index contributed by atoms with van der Waals surface area (Å²) in [4.78, 5) is 12.6. The minimum Gasteiger partial charge on any atom is -0.451 e. The lowest BCUT2D eigenvalue weighted by atomic mass is 9.86. The molecule has 1 amide bonds. The van der Waals surface area contributed by atoms with E-state index >= 15 is 0 Å². The van der Waals surface area contributed by atoms with Gasteiger partial charge in [0.1, 0.15) is 12.2 Å². The Kier molecular flexibility index (Phi) is 6.73. The zero-order valence-electron chi connectivity index (χ0n) is 18.5. The van der Waals surface area contributed by atoms with E-state index in [-0.39, 0.29) is 49.2 Å². The van der Waals surface area contributed by atoms with Crippen LogP contribution in [0.25, 0.3) is 11.0 Å². The molecule has 5 rings (SSSR count). The van der Waals surface area contributed by atoms with Crippen LogP contribution in [0.2, 0.25) is 5.02 Å². The molecule has 1 aromatic carbocycles. The smallest absolute Gasteiger partial charge is 0.451 e. The number of amides is 1. The van der Waals surface area contributed by atoms with Crippen molar-refractivity contribution < 1.29 is 36.3 Å². The van der Waals surface area contributed by atoms with E-state index in [0.717, 1.165) is 31.1 Å². The summed E-state index contributed by atoms with van der Waals surface area (Å²) in [6.45, 7) is 0.0462. The van der Waals surface area contributed by atoms with Gasteiger partial charge < -0.3 is 18.9 Å². The molecule has 0 bridgehead atoms. The van der Waals surface area contributed by atoms with Gasteiger partial charge >= 0.3 is 6.36 Å². The predicted octanol–water partition coefficient (Wildman–Crippen LogP) is 5.51. The zero-order chi connectivity index (χ0) is 24.6. The summed E-state index contributed by atoms with van der Waals surface area (Å²) < 4.78 is 57.3. The predicted molar refractivity (Wildman–Crippen MR) is 117 cm³/mol. The second kappa shape index (κ2) is 9.79. The third-order valence-corrected chi connectivity index (χ3v) is 6.63. The number of carbonyl (C=O) groups is 1. The molecule has 2 aromatic heterocycles. The van der Waals surface area contributed by atoms with E-state index in [0.29, 0.717) is 22.4 Å². The van der Waals surface area contributed by atoms with Crippen molar-refractivity contribution in [3.05, 3.63) is 46.8 Å². The summed E-state index contributed by atoms with van der Waals surface area (Å²) in [5.74, 6) is 0.853. The van der Waals surface area contributed by atoms with Gasteiger partial charge in [0.2, 0.25) is 11.8 Å². The Hall–Kier alpha value is -2.63. The van der Waals surface area contributed by atoms with E-state index in [1.807, 2.05) is 0 Å². The molecule has 2 heterocycles. The minimum absolute atomic E-state index is 0.00625. The maximum Gasteiger partial charge on any atom is 0.522 e. The van der Waals surface area contributed by atoms with E-state index in [4.69, 9.17) is 25.2 Å². The van der Waals surface area contributed by atoms with Gasteiger partial charge in [-0.2, -0.15) is 0 Å². The SMILES string of the molecule is O=C(NC1CCC(c2nnc(COC3CC(OC(F)(F)F)C3)o2)CC1)c1cc2cc(Cl)ccc2o1. The number of hydrogen-bond acceptors (Lipinski definition) is 7. The molecule has 3 aromatic rings. The maximum absolute atomic E-state index is 12.6. The second-order valence-corrected chi connectivity index (χ2v) is 9.38. The van der Waals surface area contributed by atoms with Crippen molar-refractivity contribution in [2.24, 2.45) is 0 Å². The highest BCUT2D eigenvalue weighted by Crippen LogP contribution is 2.34.